The van der Waals surface area contributed by atoms with Crippen LogP contribution in [0.15, 0.2) is 12.1 Å². The predicted octanol–water partition coefficient (Wildman–Crippen LogP) is 2.04. The van der Waals surface area contributed by atoms with Gasteiger partial charge in [0.1, 0.15) is 17.2 Å². The molecule has 18 heavy (non-hydrogen) atoms. The van der Waals surface area contributed by atoms with Gasteiger partial charge in [-0.25, -0.2) is 0 Å². The van der Waals surface area contributed by atoms with Crippen LogP contribution in [0.2, 0.25) is 0 Å². The molecule has 1 saturated carbocycles. The number of methoxy groups -OCH3 is 3. The Labute approximate surface area is 108 Å². The van der Waals surface area contributed by atoms with Crippen LogP contribution in [0.5, 0.6) is 17.2 Å². The van der Waals surface area contributed by atoms with Crippen LogP contribution in [-0.2, 0) is 0 Å². The molecule has 4 heteroatoms. The minimum absolute atomic E-state index is 0.522. The zero-order valence-corrected chi connectivity index (χ0v) is 11.4. The highest BCUT2D eigenvalue weighted by molar-refractivity contribution is 5.54. The monoisotopic (exact) mass is 251 g/mol. The van der Waals surface area contributed by atoms with Gasteiger partial charge in [-0.3, -0.25) is 0 Å². The fourth-order valence-electron chi connectivity index (χ4n) is 2.49. The van der Waals surface area contributed by atoms with Crippen molar-refractivity contribution in [3.63, 3.8) is 0 Å². The molecular formula is C14H21NO3. The summed E-state index contributed by atoms with van der Waals surface area (Å²) in [4.78, 5) is 0. The number of rotatable bonds is 6. The van der Waals surface area contributed by atoms with Gasteiger partial charge in [-0.2, -0.15) is 0 Å². The summed E-state index contributed by atoms with van der Waals surface area (Å²) in [5.41, 5.74) is 1.17. The van der Waals surface area contributed by atoms with Crippen molar-refractivity contribution < 1.29 is 14.2 Å². The van der Waals surface area contributed by atoms with Gasteiger partial charge in [0.2, 0.25) is 0 Å². The molecule has 100 valence electrons. The molecule has 2 unspecified atom stereocenters. The molecule has 1 aromatic carbocycles. The van der Waals surface area contributed by atoms with Gasteiger partial charge in [0, 0.05) is 17.7 Å². The second-order valence-corrected chi connectivity index (χ2v) is 4.61. The molecule has 4 nitrogen and oxygen atoms in total. The van der Waals surface area contributed by atoms with E-state index in [0.717, 1.165) is 23.8 Å². The van der Waals surface area contributed by atoms with E-state index in [1.807, 2.05) is 19.2 Å². The fourth-order valence-corrected chi connectivity index (χ4v) is 2.49. The Morgan fingerprint density at radius 1 is 1.11 bits per heavy atom. The molecule has 0 aromatic heterocycles. The van der Waals surface area contributed by atoms with E-state index in [-0.39, 0.29) is 0 Å². The first-order valence-corrected chi connectivity index (χ1v) is 6.19. The number of benzene rings is 1. The zero-order chi connectivity index (χ0) is 13.1. The van der Waals surface area contributed by atoms with Crippen LogP contribution in [0.4, 0.5) is 0 Å². The lowest BCUT2D eigenvalue weighted by molar-refractivity contribution is 0.368. The number of ether oxygens (including phenoxy) is 3. The molecule has 0 radical (unpaired) electrons. The highest BCUT2D eigenvalue weighted by Gasteiger charge is 2.41. The standard InChI is InChI=1S/C14H21NO3/c1-15-8-9-5-11(9)14-12(17-3)6-10(16-2)7-13(14)18-4/h6-7,9,11,15H,5,8H2,1-4H3. The van der Waals surface area contributed by atoms with Crippen LogP contribution in [0.25, 0.3) is 0 Å². The van der Waals surface area contributed by atoms with Gasteiger partial charge in [0.15, 0.2) is 0 Å². The van der Waals surface area contributed by atoms with E-state index in [2.05, 4.69) is 5.32 Å². The van der Waals surface area contributed by atoms with Crippen LogP contribution in [0.3, 0.4) is 0 Å². The lowest BCUT2D eigenvalue weighted by atomic mass is 10.1. The van der Waals surface area contributed by atoms with Crippen LogP contribution in [0, 0.1) is 5.92 Å². The molecule has 0 spiro atoms. The van der Waals surface area contributed by atoms with Gasteiger partial charge >= 0.3 is 0 Å². The smallest absolute Gasteiger partial charge is 0.129 e. The zero-order valence-electron chi connectivity index (χ0n) is 11.4. The Kier molecular flexibility index (Phi) is 3.97. The first kappa shape index (κ1) is 13.0. The van der Waals surface area contributed by atoms with Crippen molar-refractivity contribution >= 4 is 0 Å². The van der Waals surface area contributed by atoms with Crippen molar-refractivity contribution in [2.24, 2.45) is 5.92 Å². The maximum absolute atomic E-state index is 5.48. The van der Waals surface area contributed by atoms with Crippen LogP contribution < -0.4 is 19.5 Å². The molecule has 1 N–H and O–H groups in total. The minimum atomic E-state index is 0.522. The first-order valence-electron chi connectivity index (χ1n) is 6.19. The van der Waals surface area contributed by atoms with E-state index < -0.39 is 0 Å². The summed E-state index contributed by atoms with van der Waals surface area (Å²) in [5.74, 6) is 3.67. The number of nitrogens with one attached hydrogen (secondary N) is 1. The third-order valence-electron chi connectivity index (χ3n) is 3.51. The Morgan fingerprint density at radius 2 is 1.72 bits per heavy atom. The number of hydrogen-bond donors (Lipinski definition) is 1. The SMILES string of the molecule is CNCC1CC1c1c(OC)cc(OC)cc1OC. The molecule has 1 aliphatic rings. The van der Waals surface area contributed by atoms with Gasteiger partial charge < -0.3 is 19.5 Å². The van der Waals surface area contributed by atoms with Gasteiger partial charge in [0.05, 0.1) is 21.3 Å². The van der Waals surface area contributed by atoms with Crippen LogP contribution in [-0.4, -0.2) is 34.9 Å². The summed E-state index contributed by atoms with van der Waals surface area (Å²) in [6.07, 6.45) is 1.18. The van der Waals surface area contributed by atoms with Crippen LogP contribution in [0.1, 0.15) is 17.9 Å². The van der Waals surface area contributed by atoms with Gasteiger partial charge in [-0.15, -0.1) is 0 Å². The molecule has 2 rings (SSSR count). The van der Waals surface area contributed by atoms with Crippen molar-refractivity contribution in [3.8, 4) is 17.2 Å². The predicted molar refractivity (Wildman–Crippen MR) is 70.9 cm³/mol. The normalized spacial score (nSPS) is 21.6. The largest absolute Gasteiger partial charge is 0.496 e. The Hall–Kier alpha value is -1.42. The minimum Gasteiger partial charge on any atom is -0.496 e. The first-order chi connectivity index (χ1) is 8.74. The summed E-state index contributed by atoms with van der Waals surface area (Å²) >= 11 is 0. The molecule has 0 aliphatic heterocycles. The van der Waals surface area contributed by atoms with E-state index in [1.165, 1.54) is 12.0 Å². The van der Waals surface area contributed by atoms with E-state index in [0.29, 0.717) is 11.8 Å². The molecule has 0 amide bonds. The Bertz CT molecular complexity index is 394. The lowest BCUT2D eigenvalue weighted by Gasteiger charge is -2.15. The summed E-state index contributed by atoms with van der Waals surface area (Å²) in [5, 5.41) is 3.22. The van der Waals surface area contributed by atoms with Crippen molar-refractivity contribution in [2.75, 3.05) is 34.9 Å². The van der Waals surface area contributed by atoms with Crippen molar-refractivity contribution in [2.45, 2.75) is 12.3 Å². The van der Waals surface area contributed by atoms with Gasteiger partial charge in [0.25, 0.3) is 0 Å². The molecular weight excluding hydrogens is 230 g/mol. The van der Waals surface area contributed by atoms with Crippen molar-refractivity contribution in [3.05, 3.63) is 17.7 Å². The molecule has 2 atom stereocenters. The third kappa shape index (κ3) is 2.38. The maximum atomic E-state index is 5.48. The quantitative estimate of drug-likeness (QED) is 0.840. The summed E-state index contributed by atoms with van der Waals surface area (Å²) in [6.45, 7) is 1.03. The Balaban J connectivity index is 2.33. The Morgan fingerprint density at radius 3 is 2.17 bits per heavy atom. The molecule has 1 aromatic rings. The summed E-state index contributed by atoms with van der Waals surface area (Å²) < 4.78 is 16.2. The van der Waals surface area contributed by atoms with Crippen molar-refractivity contribution in [1.82, 2.24) is 5.32 Å². The second-order valence-electron chi connectivity index (χ2n) is 4.61. The molecule has 1 fully saturated rings. The molecule has 0 bridgehead atoms. The topological polar surface area (TPSA) is 39.7 Å². The maximum Gasteiger partial charge on any atom is 0.129 e. The summed E-state index contributed by atoms with van der Waals surface area (Å²) in [6, 6.07) is 3.85. The van der Waals surface area contributed by atoms with Gasteiger partial charge in [-0.05, 0) is 31.8 Å². The highest BCUT2D eigenvalue weighted by atomic mass is 16.5. The van der Waals surface area contributed by atoms with E-state index in [1.54, 1.807) is 21.3 Å². The molecule has 0 saturated heterocycles. The fraction of sp³-hybridized carbons (Fsp3) is 0.571. The van der Waals surface area contributed by atoms with E-state index >= 15 is 0 Å². The summed E-state index contributed by atoms with van der Waals surface area (Å²) in [7, 11) is 7.01. The average Bonchev–Trinajstić information content (AvgIpc) is 3.16. The van der Waals surface area contributed by atoms with E-state index in [4.69, 9.17) is 14.2 Å². The van der Waals surface area contributed by atoms with E-state index in [9.17, 15) is 0 Å². The molecule has 1 aliphatic carbocycles. The lowest BCUT2D eigenvalue weighted by Crippen LogP contribution is -2.10. The van der Waals surface area contributed by atoms with Crippen LogP contribution >= 0.6 is 0 Å². The number of hydrogen-bond acceptors (Lipinski definition) is 4. The third-order valence-corrected chi connectivity index (χ3v) is 3.51. The second kappa shape index (κ2) is 5.48. The average molecular weight is 251 g/mol. The van der Waals surface area contributed by atoms with Gasteiger partial charge in [-0.1, -0.05) is 0 Å². The highest BCUT2D eigenvalue weighted by Crippen LogP contribution is 2.54. The molecule has 0 heterocycles. The van der Waals surface area contributed by atoms with Crippen molar-refractivity contribution in [1.29, 1.82) is 0 Å².